The first kappa shape index (κ1) is 27.0. The molecule has 2 aromatic rings. The number of thioether (sulfide) groups is 1. The van der Waals surface area contributed by atoms with Gasteiger partial charge in [0.1, 0.15) is 11.2 Å². The molecule has 1 unspecified atom stereocenters. The molecule has 1 heterocycles. The molecule has 34 heavy (non-hydrogen) atoms. The highest BCUT2D eigenvalue weighted by Gasteiger charge is 2.59. The average Bonchev–Trinajstić information content (AvgIpc) is 3.17. The minimum atomic E-state index is -4.53. The fourth-order valence-electron chi connectivity index (χ4n) is 3.99. The molecule has 0 spiro atoms. The van der Waals surface area contributed by atoms with E-state index in [-0.39, 0.29) is 40.9 Å². The van der Waals surface area contributed by atoms with Crippen LogP contribution >= 0.6 is 35.0 Å². The zero-order valence-electron chi connectivity index (χ0n) is 18.0. The van der Waals surface area contributed by atoms with Crippen LogP contribution in [0.2, 0.25) is 10.0 Å². The molecule has 1 atom stereocenters. The van der Waals surface area contributed by atoms with E-state index in [1.807, 2.05) is 0 Å². The first-order valence-electron chi connectivity index (χ1n) is 10.3. The summed E-state index contributed by atoms with van der Waals surface area (Å²) < 4.78 is 79.7. The number of Topliss-reactive ketones (excluding diaryl/α,β-unsaturated/α-hetero) is 1. The smallest absolute Gasteiger partial charge is 0.370 e. The minimum Gasteiger partial charge on any atom is -0.370 e. The van der Waals surface area contributed by atoms with Gasteiger partial charge >= 0.3 is 12.4 Å². The summed E-state index contributed by atoms with van der Waals surface area (Å²) in [5, 5.41) is 0.262. The van der Waals surface area contributed by atoms with Gasteiger partial charge in [0.25, 0.3) is 0 Å². The molecule has 0 bridgehead atoms. The topological polar surface area (TPSA) is 20.3 Å². The van der Waals surface area contributed by atoms with Crippen LogP contribution in [-0.2, 0) is 10.2 Å². The summed E-state index contributed by atoms with van der Waals surface area (Å²) in [4.78, 5) is 14.1. The molecule has 0 aromatic heterocycles. The van der Waals surface area contributed by atoms with Crippen molar-refractivity contribution in [2.75, 3.05) is 23.7 Å². The van der Waals surface area contributed by atoms with E-state index >= 15 is 0 Å². The van der Waals surface area contributed by atoms with E-state index in [2.05, 4.69) is 0 Å². The van der Waals surface area contributed by atoms with Gasteiger partial charge < -0.3 is 4.90 Å². The van der Waals surface area contributed by atoms with Crippen LogP contribution in [0.15, 0.2) is 41.3 Å². The van der Waals surface area contributed by atoms with Crippen LogP contribution in [-0.4, -0.2) is 37.0 Å². The molecule has 2 nitrogen and oxygen atoms in total. The van der Waals surface area contributed by atoms with E-state index < -0.39 is 36.4 Å². The van der Waals surface area contributed by atoms with Gasteiger partial charge in [-0.05, 0) is 60.9 Å². The second-order valence-corrected chi connectivity index (χ2v) is 10.2. The lowest BCUT2D eigenvalue weighted by molar-refractivity contribution is -0.184. The van der Waals surface area contributed by atoms with Gasteiger partial charge in [-0.25, -0.2) is 0 Å². The van der Waals surface area contributed by atoms with Crippen LogP contribution in [0.4, 0.5) is 32.0 Å². The van der Waals surface area contributed by atoms with Crippen LogP contribution in [0.25, 0.3) is 0 Å². The first-order valence-corrected chi connectivity index (χ1v) is 12.0. The zero-order chi connectivity index (χ0) is 25.3. The Kier molecular flexibility index (Phi) is 8.10. The number of hydrogen-bond acceptors (Lipinski definition) is 3. The SMILES string of the molecule is Cc1cc(N2CCC(c3cc(Cl)cc(Cl)c3)(C(F)(F)F)C2)ccc1SCC(=O)CCC(F)(F)F. The minimum absolute atomic E-state index is 0.0151. The summed E-state index contributed by atoms with van der Waals surface area (Å²) in [7, 11) is 0. The number of anilines is 1. The normalized spacial score (nSPS) is 19.0. The second-order valence-electron chi connectivity index (χ2n) is 8.30. The predicted molar refractivity (Wildman–Crippen MR) is 123 cm³/mol. The molecular weight excluding hydrogens is 523 g/mol. The molecule has 1 fully saturated rings. The number of benzene rings is 2. The largest absolute Gasteiger partial charge is 0.400 e. The third kappa shape index (κ3) is 6.34. The fourth-order valence-corrected chi connectivity index (χ4v) is 5.43. The molecule has 1 aliphatic rings. The van der Waals surface area contributed by atoms with Crippen LogP contribution in [0.3, 0.4) is 0 Å². The van der Waals surface area contributed by atoms with Crippen LogP contribution in [0.5, 0.6) is 0 Å². The van der Waals surface area contributed by atoms with Crippen molar-refractivity contribution >= 4 is 46.4 Å². The standard InChI is InChI=1S/C23H21Cl2F6NOS/c1-14-8-18(2-3-20(14)34-12-19(33)4-5-22(26,27)28)32-7-6-21(13-32,23(29,30)31)15-9-16(24)11-17(25)10-15/h2-3,8-11H,4-7,12-13H2,1H3. The van der Waals surface area contributed by atoms with E-state index in [1.54, 1.807) is 30.0 Å². The highest BCUT2D eigenvalue weighted by Crippen LogP contribution is 2.49. The molecule has 2 aromatic carbocycles. The Hall–Kier alpha value is -1.58. The highest BCUT2D eigenvalue weighted by molar-refractivity contribution is 8.00. The number of nitrogens with zero attached hydrogens (tertiary/aromatic N) is 1. The highest BCUT2D eigenvalue weighted by atomic mass is 35.5. The number of halogens is 8. The number of rotatable bonds is 7. The van der Waals surface area contributed by atoms with Gasteiger partial charge in [-0.15, -0.1) is 11.8 Å². The molecular formula is C23H21Cl2F6NOS. The van der Waals surface area contributed by atoms with Gasteiger partial charge in [0, 0.05) is 40.1 Å². The molecule has 11 heteroatoms. The summed E-state index contributed by atoms with van der Waals surface area (Å²) in [6.45, 7) is 1.59. The van der Waals surface area contributed by atoms with Crippen molar-refractivity contribution in [1.29, 1.82) is 0 Å². The summed E-state index contributed by atoms with van der Waals surface area (Å²) in [6, 6.07) is 9.04. The van der Waals surface area contributed by atoms with E-state index in [0.29, 0.717) is 10.6 Å². The summed E-state index contributed by atoms with van der Waals surface area (Å²) in [6.07, 6.45) is -10.8. The first-order chi connectivity index (χ1) is 15.7. The van der Waals surface area contributed by atoms with Crippen molar-refractivity contribution in [3.8, 4) is 0 Å². The van der Waals surface area contributed by atoms with Gasteiger partial charge in [0.05, 0.1) is 12.2 Å². The maximum atomic E-state index is 14.3. The predicted octanol–water partition coefficient (Wildman–Crippen LogP) is 8.02. The van der Waals surface area contributed by atoms with Crippen molar-refractivity contribution in [2.45, 2.75) is 48.8 Å². The molecule has 1 saturated heterocycles. The maximum Gasteiger partial charge on any atom is 0.400 e. The van der Waals surface area contributed by atoms with Gasteiger partial charge in [-0.1, -0.05) is 23.2 Å². The lowest BCUT2D eigenvalue weighted by atomic mass is 9.79. The molecule has 186 valence electrons. The fraction of sp³-hybridized carbons (Fsp3) is 0.435. The average molecular weight is 544 g/mol. The molecule has 0 amide bonds. The molecule has 3 rings (SSSR count). The molecule has 0 radical (unpaired) electrons. The number of alkyl halides is 6. The Bertz CT molecular complexity index is 1040. The summed E-state index contributed by atoms with van der Waals surface area (Å²) in [5.74, 6) is -0.618. The molecule has 0 N–H and O–H groups in total. The van der Waals surface area contributed by atoms with Crippen molar-refractivity contribution in [1.82, 2.24) is 0 Å². The van der Waals surface area contributed by atoms with E-state index in [1.165, 1.54) is 18.2 Å². The van der Waals surface area contributed by atoms with Crippen LogP contribution < -0.4 is 4.90 Å². The van der Waals surface area contributed by atoms with Crippen molar-refractivity contribution in [3.05, 3.63) is 57.6 Å². The Morgan fingerprint density at radius 2 is 1.71 bits per heavy atom. The van der Waals surface area contributed by atoms with Crippen molar-refractivity contribution < 1.29 is 31.1 Å². The Balaban J connectivity index is 1.74. The van der Waals surface area contributed by atoms with Gasteiger partial charge in [0.15, 0.2) is 0 Å². The van der Waals surface area contributed by atoms with Gasteiger partial charge in [-0.3, -0.25) is 4.79 Å². The van der Waals surface area contributed by atoms with Gasteiger partial charge in [-0.2, -0.15) is 26.3 Å². The Labute approximate surface area is 207 Å². The van der Waals surface area contributed by atoms with E-state index in [4.69, 9.17) is 23.2 Å². The maximum absolute atomic E-state index is 14.3. The lowest BCUT2D eigenvalue weighted by Crippen LogP contribution is -2.44. The van der Waals surface area contributed by atoms with E-state index in [9.17, 15) is 31.1 Å². The Morgan fingerprint density at radius 3 is 2.26 bits per heavy atom. The molecule has 1 aliphatic heterocycles. The quantitative estimate of drug-likeness (QED) is 0.260. The third-order valence-electron chi connectivity index (χ3n) is 5.83. The lowest BCUT2D eigenvalue weighted by Gasteiger charge is -2.33. The second kappa shape index (κ2) is 10.2. The number of carbonyl (C=O) groups is 1. The molecule has 0 aliphatic carbocycles. The zero-order valence-corrected chi connectivity index (χ0v) is 20.3. The number of hydrogen-bond donors (Lipinski definition) is 0. The number of carbonyl (C=O) groups excluding carboxylic acids is 1. The number of ketones is 1. The molecule has 0 saturated carbocycles. The van der Waals surface area contributed by atoms with Crippen LogP contribution in [0, 0.1) is 6.92 Å². The van der Waals surface area contributed by atoms with Crippen molar-refractivity contribution in [3.63, 3.8) is 0 Å². The van der Waals surface area contributed by atoms with Gasteiger partial charge in [0.2, 0.25) is 0 Å². The monoisotopic (exact) mass is 543 g/mol. The number of aryl methyl sites for hydroxylation is 1. The van der Waals surface area contributed by atoms with E-state index in [0.717, 1.165) is 17.3 Å². The third-order valence-corrected chi connectivity index (χ3v) is 7.50. The summed E-state index contributed by atoms with van der Waals surface area (Å²) >= 11 is 13.1. The summed E-state index contributed by atoms with van der Waals surface area (Å²) in [5.41, 5.74) is -0.805. The van der Waals surface area contributed by atoms with Crippen LogP contribution in [0.1, 0.15) is 30.4 Å². The van der Waals surface area contributed by atoms with Crippen molar-refractivity contribution in [2.24, 2.45) is 0 Å². The Morgan fingerprint density at radius 1 is 1.06 bits per heavy atom.